The molecule has 1 aromatic rings. The van der Waals surface area contributed by atoms with E-state index >= 15 is 0 Å². The summed E-state index contributed by atoms with van der Waals surface area (Å²) in [6.45, 7) is 6.50. The highest BCUT2D eigenvalue weighted by Crippen LogP contribution is 2.28. The monoisotopic (exact) mass is 262 g/mol. The molecule has 0 radical (unpaired) electrons. The van der Waals surface area contributed by atoms with Gasteiger partial charge in [-0.05, 0) is 44.7 Å². The summed E-state index contributed by atoms with van der Waals surface area (Å²) in [6, 6.07) is 9.03. The molecule has 0 spiro atoms. The predicted octanol–water partition coefficient (Wildman–Crippen LogP) is 2.09. The number of hydrogen-bond donors (Lipinski definition) is 2. The molecule has 19 heavy (non-hydrogen) atoms. The van der Waals surface area contributed by atoms with Crippen LogP contribution in [0.5, 0.6) is 0 Å². The van der Waals surface area contributed by atoms with E-state index < -0.39 is 0 Å². The van der Waals surface area contributed by atoms with Crippen molar-refractivity contribution in [1.29, 1.82) is 0 Å². The van der Waals surface area contributed by atoms with Crippen molar-refractivity contribution in [2.75, 3.05) is 19.7 Å². The van der Waals surface area contributed by atoms with E-state index in [1.165, 1.54) is 11.1 Å². The summed E-state index contributed by atoms with van der Waals surface area (Å²) in [7, 11) is 0. The minimum Gasteiger partial charge on any atom is -0.396 e. The number of nitrogens with two attached hydrogens (primary N) is 1. The van der Waals surface area contributed by atoms with Gasteiger partial charge in [-0.25, -0.2) is 0 Å². The molecule has 1 heterocycles. The molecule has 1 aliphatic rings. The lowest BCUT2D eigenvalue weighted by molar-refractivity contribution is 0.0793. The highest BCUT2D eigenvalue weighted by Gasteiger charge is 2.28. The molecule has 0 bridgehead atoms. The van der Waals surface area contributed by atoms with Gasteiger partial charge in [-0.3, -0.25) is 4.90 Å². The van der Waals surface area contributed by atoms with Crippen LogP contribution >= 0.6 is 0 Å². The zero-order chi connectivity index (χ0) is 13.8. The predicted molar refractivity (Wildman–Crippen MR) is 79.0 cm³/mol. The number of piperidine rings is 1. The van der Waals surface area contributed by atoms with E-state index in [0.29, 0.717) is 5.92 Å². The van der Waals surface area contributed by atoms with Gasteiger partial charge in [-0.1, -0.05) is 29.8 Å². The first-order valence-electron chi connectivity index (χ1n) is 7.29. The molecule has 1 fully saturated rings. The van der Waals surface area contributed by atoms with Gasteiger partial charge in [0.15, 0.2) is 0 Å². The van der Waals surface area contributed by atoms with Gasteiger partial charge in [0, 0.05) is 25.2 Å². The van der Waals surface area contributed by atoms with Crippen LogP contribution in [0.1, 0.15) is 36.9 Å². The Balaban J connectivity index is 2.17. The molecule has 0 aliphatic carbocycles. The first-order chi connectivity index (χ1) is 9.11. The molecule has 3 N–H and O–H groups in total. The zero-order valence-corrected chi connectivity index (χ0v) is 12.0. The van der Waals surface area contributed by atoms with Crippen molar-refractivity contribution in [1.82, 2.24) is 4.90 Å². The van der Waals surface area contributed by atoms with Crippen molar-refractivity contribution in [3.8, 4) is 0 Å². The number of rotatable bonds is 4. The van der Waals surface area contributed by atoms with Crippen LogP contribution in [0.4, 0.5) is 0 Å². The molecule has 3 heteroatoms. The van der Waals surface area contributed by atoms with Gasteiger partial charge in [0.05, 0.1) is 0 Å². The maximum absolute atomic E-state index is 9.38. The second-order valence-electron chi connectivity index (χ2n) is 5.90. The Kier molecular flexibility index (Phi) is 4.97. The van der Waals surface area contributed by atoms with Crippen LogP contribution in [0.25, 0.3) is 0 Å². The molecule has 1 aromatic carbocycles. The number of nitrogens with zero attached hydrogens (tertiary/aromatic N) is 1. The van der Waals surface area contributed by atoms with Crippen molar-refractivity contribution in [3.63, 3.8) is 0 Å². The Hall–Kier alpha value is -0.900. The quantitative estimate of drug-likeness (QED) is 0.873. The average Bonchev–Trinajstić information content (AvgIpc) is 2.41. The second kappa shape index (κ2) is 6.51. The van der Waals surface area contributed by atoms with Gasteiger partial charge in [-0.15, -0.1) is 0 Å². The largest absolute Gasteiger partial charge is 0.396 e. The molecule has 0 amide bonds. The van der Waals surface area contributed by atoms with E-state index in [2.05, 4.69) is 43.0 Å². The summed E-state index contributed by atoms with van der Waals surface area (Å²) in [5, 5.41) is 9.38. The van der Waals surface area contributed by atoms with Crippen LogP contribution in [0.2, 0.25) is 0 Å². The summed E-state index contributed by atoms with van der Waals surface area (Å²) in [5.74, 6) is 0.403. The molecule has 1 aliphatic heterocycles. The average molecular weight is 262 g/mol. The summed E-state index contributed by atoms with van der Waals surface area (Å²) >= 11 is 0. The summed E-state index contributed by atoms with van der Waals surface area (Å²) in [4.78, 5) is 2.44. The lowest BCUT2D eigenvalue weighted by atomic mass is 9.92. The second-order valence-corrected chi connectivity index (χ2v) is 5.90. The van der Waals surface area contributed by atoms with Crippen LogP contribution in [-0.4, -0.2) is 35.7 Å². The topological polar surface area (TPSA) is 49.5 Å². The third-order valence-corrected chi connectivity index (χ3v) is 4.12. The molecular formula is C16H26N2O. The fraction of sp³-hybridized carbons (Fsp3) is 0.625. The van der Waals surface area contributed by atoms with Crippen LogP contribution < -0.4 is 5.73 Å². The Bertz CT molecular complexity index is 388. The molecule has 3 atom stereocenters. The summed E-state index contributed by atoms with van der Waals surface area (Å²) < 4.78 is 0. The number of aliphatic hydroxyl groups is 1. The van der Waals surface area contributed by atoms with Crippen LogP contribution in [0, 0.1) is 12.8 Å². The van der Waals surface area contributed by atoms with Crippen molar-refractivity contribution in [2.24, 2.45) is 11.7 Å². The fourth-order valence-corrected chi connectivity index (χ4v) is 3.11. The van der Waals surface area contributed by atoms with Crippen molar-refractivity contribution >= 4 is 0 Å². The SMILES string of the molecule is Cc1ccc(C(C(C)N)N2CCCC(CO)C2)cc1. The third-order valence-electron chi connectivity index (χ3n) is 4.12. The minimum atomic E-state index is 0.0974. The third kappa shape index (κ3) is 3.56. The Labute approximate surface area is 116 Å². The molecule has 3 unspecified atom stereocenters. The zero-order valence-electron chi connectivity index (χ0n) is 12.0. The minimum absolute atomic E-state index is 0.0974. The van der Waals surface area contributed by atoms with Gasteiger partial charge in [-0.2, -0.15) is 0 Å². The van der Waals surface area contributed by atoms with Crippen molar-refractivity contribution < 1.29 is 5.11 Å². The van der Waals surface area contributed by atoms with E-state index in [4.69, 9.17) is 5.73 Å². The van der Waals surface area contributed by atoms with E-state index in [0.717, 1.165) is 25.9 Å². The summed E-state index contributed by atoms with van der Waals surface area (Å²) in [6.07, 6.45) is 2.28. The number of aryl methyl sites for hydroxylation is 1. The van der Waals surface area contributed by atoms with Crippen LogP contribution in [0.15, 0.2) is 24.3 Å². The number of benzene rings is 1. The normalized spacial score (nSPS) is 24.1. The molecule has 1 saturated heterocycles. The van der Waals surface area contributed by atoms with E-state index in [1.54, 1.807) is 0 Å². The standard InChI is InChI=1S/C16H26N2O/c1-12-5-7-15(8-6-12)16(13(2)17)18-9-3-4-14(10-18)11-19/h5-8,13-14,16,19H,3-4,9-11,17H2,1-2H3. The van der Waals surface area contributed by atoms with Gasteiger partial charge in [0.2, 0.25) is 0 Å². The van der Waals surface area contributed by atoms with E-state index in [9.17, 15) is 5.11 Å². The van der Waals surface area contributed by atoms with Gasteiger partial charge in [0.1, 0.15) is 0 Å². The molecule has 3 nitrogen and oxygen atoms in total. The molecule has 0 aromatic heterocycles. The molecular weight excluding hydrogens is 236 g/mol. The Morgan fingerprint density at radius 3 is 2.63 bits per heavy atom. The number of aliphatic hydroxyl groups excluding tert-OH is 1. The maximum Gasteiger partial charge on any atom is 0.0496 e. The van der Waals surface area contributed by atoms with Gasteiger partial charge >= 0.3 is 0 Å². The van der Waals surface area contributed by atoms with Gasteiger partial charge in [0.25, 0.3) is 0 Å². The molecule has 2 rings (SSSR count). The van der Waals surface area contributed by atoms with Gasteiger partial charge < -0.3 is 10.8 Å². The van der Waals surface area contributed by atoms with Crippen LogP contribution in [-0.2, 0) is 0 Å². The number of likely N-dealkylation sites (tertiary alicyclic amines) is 1. The maximum atomic E-state index is 9.38. The summed E-state index contributed by atoms with van der Waals surface area (Å²) in [5.41, 5.74) is 8.79. The lowest BCUT2D eigenvalue weighted by Gasteiger charge is -2.40. The molecule has 106 valence electrons. The van der Waals surface area contributed by atoms with E-state index in [1.807, 2.05) is 0 Å². The Morgan fingerprint density at radius 2 is 2.05 bits per heavy atom. The highest BCUT2D eigenvalue weighted by molar-refractivity contribution is 5.25. The first-order valence-corrected chi connectivity index (χ1v) is 7.29. The highest BCUT2D eigenvalue weighted by atomic mass is 16.3. The van der Waals surface area contributed by atoms with Crippen molar-refractivity contribution in [2.45, 2.75) is 38.8 Å². The lowest BCUT2D eigenvalue weighted by Crippen LogP contribution is -2.45. The Morgan fingerprint density at radius 1 is 1.37 bits per heavy atom. The smallest absolute Gasteiger partial charge is 0.0496 e. The van der Waals surface area contributed by atoms with Crippen LogP contribution in [0.3, 0.4) is 0 Å². The van der Waals surface area contributed by atoms with Crippen molar-refractivity contribution in [3.05, 3.63) is 35.4 Å². The van der Waals surface area contributed by atoms with E-state index in [-0.39, 0.29) is 18.7 Å². The first kappa shape index (κ1) is 14.5. The number of hydrogen-bond acceptors (Lipinski definition) is 3. The molecule has 0 saturated carbocycles. The fourth-order valence-electron chi connectivity index (χ4n) is 3.11.